The van der Waals surface area contributed by atoms with E-state index in [0.717, 1.165) is 11.3 Å². The lowest BCUT2D eigenvalue weighted by atomic mass is 10.2. The third kappa shape index (κ3) is 1.92. The molecule has 17 heavy (non-hydrogen) atoms. The Hall–Kier alpha value is -1.44. The summed E-state index contributed by atoms with van der Waals surface area (Å²) in [5.74, 6) is -1.24. The molecule has 90 valence electrons. The molecule has 0 spiro atoms. The third-order valence-electron chi connectivity index (χ3n) is 2.28. The zero-order valence-electron chi connectivity index (χ0n) is 8.80. The van der Waals surface area contributed by atoms with Gasteiger partial charge in [0.2, 0.25) is 10.0 Å². The number of fused-ring (bicyclic) bond motifs is 1. The van der Waals surface area contributed by atoms with Crippen LogP contribution in [0.4, 0.5) is 0 Å². The van der Waals surface area contributed by atoms with Crippen LogP contribution in [0.25, 0.3) is 10.1 Å². The van der Waals surface area contributed by atoms with Crippen molar-refractivity contribution in [3.63, 3.8) is 0 Å². The Morgan fingerprint density at radius 1 is 1.35 bits per heavy atom. The molecule has 0 aliphatic carbocycles. The minimum Gasteiger partial charge on any atom is -0.477 e. The molecule has 0 saturated carbocycles. The average molecular weight is 271 g/mol. The molecule has 0 fully saturated rings. The van der Waals surface area contributed by atoms with E-state index >= 15 is 0 Å². The van der Waals surface area contributed by atoms with Gasteiger partial charge in [-0.1, -0.05) is 18.2 Å². The summed E-state index contributed by atoms with van der Waals surface area (Å²) in [6.07, 6.45) is 0. The molecule has 0 unspecified atom stereocenters. The Morgan fingerprint density at radius 3 is 2.59 bits per heavy atom. The Labute approximate surface area is 102 Å². The van der Waals surface area contributed by atoms with Gasteiger partial charge in [-0.2, -0.15) is 0 Å². The molecule has 2 N–H and O–H groups in total. The van der Waals surface area contributed by atoms with Crippen molar-refractivity contribution in [2.75, 3.05) is 7.05 Å². The monoisotopic (exact) mass is 271 g/mol. The van der Waals surface area contributed by atoms with Gasteiger partial charge >= 0.3 is 5.97 Å². The number of sulfonamides is 1. The lowest BCUT2D eigenvalue weighted by molar-refractivity contribution is 0.0698. The summed E-state index contributed by atoms with van der Waals surface area (Å²) in [6, 6.07) is 6.71. The Morgan fingerprint density at radius 2 is 2.00 bits per heavy atom. The number of carboxylic acid groups (broad SMARTS) is 1. The summed E-state index contributed by atoms with van der Waals surface area (Å²) in [6.45, 7) is 0. The molecule has 1 aromatic carbocycles. The van der Waals surface area contributed by atoms with Gasteiger partial charge in [0.05, 0.1) is 0 Å². The highest BCUT2D eigenvalue weighted by molar-refractivity contribution is 7.90. The van der Waals surface area contributed by atoms with Crippen molar-refractivity contribution >= 4 is 37.4 Å². The largest absolute Gasteiger partial charge is 0.477 e. The second-order valence-corrected chi connectivity index (χ2v) is 6.14. The first-order chi connectivity index (χ1) is 7.97. The first kappa shape index (κ1) is 12.0. The van der Waals surface area contributed by atoms with Gasteiger partial charge in [-0.05, 0) is 13.1 Å². The molecule has 0 aliphatic heterocycles. The molecule has 0 amide bonds. The zero-order chi connectivity index (χ0) is 12.6. The summed E-state index contributed by atoms with van der Waals surface area (Å²) in [5, 5.41) is 9.48. The second kappa shape index (κ2) is 4.10. The maximum atomic E-state index is 11.8. The van der Waals surface area contributed by atoms with Gasteiger partial charge in [0, 0.05) is 10.1 Å². The highest BCUT2D eigenvalue weighted by Gasteiger charge is 2.26. The van der Waals surface area contributed by atoms with Crippen LogP contribution in [0.1, 0.15) is 9.67 Å². The highest BCUT2D eigenvalue weighted by atomic mass is 32.2. The molecule has 0 aliphatic rings. The van der Waals surface area contributed by atoms with Crippen LogP contribution in [0.5, 0.6) is 0 Å². The van der Waals surface area contributed by atoms with Crippen molar-refractivity contribution in [2.45, 2.75) is 4.90 Å². The van der Waals surface area contributed by atoms with Crippen LogP contribution < -0.4 is 4.72 Å². The Balaban J connectivity index is 2.92. The Kier molecular flexibility index (Phi) is 2.90. The van der Waals surface area contributed by atoms with Crippen LogP contribution in [-0.4, -0.2) is 26.5 Å². The minimum absolute atomic E-state index is 0.159. The summed E-state index contributed by atoms with van der Waals surface area (Å²) in [7, 11) is -2.52. The summed E-state index contributed by atoms with van der Waals surface area (Å²) in [4.78, 5) is 10.7. The molecule has 0 atom stereocenters. The van der Waals surface area contributed by atoms with Gasteiger partial charge in [0.25, 0.3) is 0 Å². The van der Waals surface area contributed by atoms with Crippen LogP contribution in [0.15, 0.2) is 29.2 Å². The van der Waals surface area contributed by atoms with Gasteiger partial charge < -0.3 is 5.11 Å². The molecule has 5 nitrogen and oxygen atoms in total. The molecule has 0 radical (unpaired) electrons. The number of carbonyl (C=O) groups is 1. The number of hydrogen-bond acceptors (Lipinski definition) is 4. The van der Waals surface area contributed by atoms with Crippen molar-refractivity contribution < 1.29 is 18.3 Å². The van der Waals surface area contributed by atoms with Crippen LogP contribution in [0.2, 0.25) is 0 Å². The van der Waals surface area contributed by atoms with Gasteiger partial charge in [-0.15, -0.1) is 11.3 Å². The van der Waals surface area contributed by atoms with Crippen molar-refractivity contribution in [3.05, 3.63) is 29.1 Å². The number of thiophene rings is 1. The number of rotatable bonds is 3. The van der Waals surface area contributed by atoms with Crippen molar-refractivity contribution in [1.29, 1.82) is 0 Å². The van der Waals surface area contributed by atoms with Crippen LogP contribution >= 0.6 is 11.3 Å². The maximum Gasteiger partial charge on any atom is 0.347 e. The summed E-state index contributed by atoms with van der Waals surface area (Å²) < 4.78 is 26.5. The first-order valence-electron chi connectivity index (χ1n) is 4.65. The van der Waals surface area contributed by atoms with Gasteiger partial charge in [-0.25, -0.2) is 17.9 Å². The van der Waals surface area contributed by atoms with E-state index in [0.29, 0.717) is 10.1 Å². The average Bonchev–Trinajstić information content (AvgIpc) is 2.69. The van der Waals surface area contributed by atoms with Gasteiger partial charge in [-0.3, -0.25) is 0 Å². The molecular formula is C10H9NO4S2. The van der Waals surface area contributed by atoms with E-state index in [9.17, 15) is 13.2 Å². The van der Waals surface area contributed by atoms with Crippen molar-refractivity contribution in [2.24, 2.45) is 0 Å². The topological polar surface area (TPSA) is 83.5 Å². The molecule has 1 aromatic heterocycles. The number of aromatic carboxylic acids is 1. The van der Waals surface area contributed by atoms with E-state index in [2.05, 4.69) is 4.72 Å². The molecule has 7 heteroatoms. The highest BCUT2D eigenvalue weighted by Crippen LogP contribution is 2.34. The van der Waals surface area contributed by atoms with Gasteiger partial charge in [0.1, 0.15) is 9.77 Å². The fourth-order valence-corrected chi connectivity index (χ4v) is 3.99. The lowest BCUT2D eigenvalue weighted by Crippen LogP contribution is -2.20. The standard InChI is InChI=1S/C10H9NO4S2/c1-11-17(14,15)9-6-4-2-3-5-7(6)16-8(9)10(12)13/h2-5,11H,1H3,(H,12,13). The maximum absolute atomic E-state index is 11.8. The van der Waals surface area contributed by atoms with E-state index in [1.54, 1.807) is 24.3 Å². The van der Waals surface area contributed by atoms with Gasteiger partial charge in [0.15, 0.2) is 0 Å². The second-order valence-electron chi connectivity index (χ2n) is 3.27. The van der Waals surface area contributed by atoms with E-state index < -0.39 is 16.0 Å². The first-order valence-corrected chi connectivity index (χ1v) is 6.95. The van der Waals surface area contributed by atoms with E-state index in [-0.39, 0.29) is 9.77 Å². The SMILES string of the molecule is CNS(=O)(=O)c1c(C(=O)O)sc2ccccc12. The normalized spacial score (nSPS) is 11.8. The number of benzene rings is 1. The summed E-state index contributed by atoms with van der Waals surface area (Å²) >= 11 is 0.956. The van der Waals surface area contributed by atoms with Crippen molar-refractivity contribution in [1.82, 2.24) is 4.72 Å². The van der Waals surface area contributed by atoms with Crippen molar-refractivity contribution in [3.8, 4) is 0 Å². The van der Waals surface area contributed by atoms with E-state index in [1.807, 2.05) is 0 Å². The molecule has 2 rings (SSSR count). The molecule has 1 heterocycles. The fraction of sp³-hybridized carbons (Fsp3) is 0.100. The number of nitrogens with one attached hydrogen (secondary N) is 1. The fourth-order valence-electron chi connectivity index (χ4n) is 1.53. The van der Waals surface area contributed by atoms with E-state index in [4.69, 9.17) is 5.11 Å². The minimum atomic E-state index is -3.78. The van der Waals surface area contributed by atoms with Crippen LogP contribution in [0.3, 0.4) is 0 Å². The zero-order valence-corrected chi connectivity index (χ0v) is 10.4. The lowest BCUT2D eigenvalue weighted by Gasteiger charge is -2.02. The quantitative estimate of drug-likeness (QED) is 0.886. The van der Waals surface area contributed by atoms with Crippen LogP contribution in [-0.2, 0) is 10.0 Å². The van der Waals surface area contributed by atoms with E-state index in [1.165, 1.54) is 7.05 Å². The Bertz CT molecular complexity index is 687. The number of carboxylic acids is 1. The smallest absolute Gasteiger partial charge is 0.347 e. The predicted octanol–water partition coefficient (Wildman–Crippen LogP) is 1.51. The molecule has 0 saturated heterocycles. The third-order valence-corrected chi connectivity index (χ3v) is 5.07. The molecule has 2 aromatic rings. The number of hydrogen-bond donors (Lipinski definition) is 2. The van der Waals surface area contributed by atoms with Crippen LogP contribution in [0, 0.1) is 0 Å². The predicted molar refractivity (Wildman–Crippen MR) is 65.0 cm³/mol. The summed E-state index contributed by atoms with van der Waals surface area (Å²) in [5.41, 5.74) is 0. The molecular weight excluding hydrogens is 262 g/mol. The molecule has 0 bridgehead atoms.